The Balaban J connectivity index is 1.63. The molecule has 0 bridgehead atoms. The molecule has 4 aromatic rings. The lowest BCUT2D eigenvalue weighted by Crippen LogP contribution is -2.25. The van der Waals surface area contributed by atoms with Gasteiger partial charge in [-0.05, 0) is 62.0 Å². The maximum Gasteiger partial charge on any atom is 0.211 e. The fourth-order valence-electron chi connectivity index (χ4n) is 3.94. The molecule has 1 aromatic heterocycles. The Morgan fingerprint density at radius 3 is 2.32 bits per heavy atom. The van der Waals surface area contributed by atoms with E-state index in [4.69, 9.17) is 20.8 Å². The van der Waals surface area contributed by atoms with E-state index in [9.17, 15) is 8.42 Å². The van der Waals surface area contributed by atoms with Crippen LogP contribution in [-0.2, 0) is 9.84 Å². The van der Waals surface area contributed by atoms with E-state index in [2.05, 4.69) is 18.7 Å². The van der Waals surface area contributed by atoms with E-state index >= 15 is 0 Å². The molecule has 0 aliphatic heterocycles. The first-order valence-electron chi connectivity index (χ1n) is 11.4. The first-order chi connectivity index (χ1) is 16.4. The average molecular weight is 498 g/mol. The largest absolute Gasteiger partial charge is 0.494 e. The molecule has 5 nitrogen and oxygen atoms in total. The van der Waals surface area contributed by atoms with Crippen LogP contribution in [0.25, 0.3) is 22.3 Å². The monoisotopic (exact) mass is 497 g/mol. The number of hydrogen-bond acceptors (Lipinski definition) is 5. The van der Waals surface area contributed by atoms with Crippen LogP contribution in [0, 0.1) is 0 Å². The number of fused-ring (bicyclic) bond motifs is 1. The summed E-state index contributed by atoms with van der Waals surface area (Å²) in [6.07, 6.45) is 0.907. The van der Waals surface area contributed by atoms with E-state index in [1.54, 1.807) is 42.5 Å². The Bertz CT molecular complexity index is 1340. The van der Waals surface area contributed by atoms with E-state index in [0.717, 1.165) is 26.1 Å². The van der Waals surface area contributed by atoms with Gasteiger partial charge in [-0.15, -0.1) is 0 Å². The Morgan fingerprint density at radius 2 is 1.65 bits per heavy atom. The molecule has 0 aliphatic carbocycles. The van der Waals surface area contributed by atoms with Crippen LogP contribution in [0.15, 0.2) is 87.0 Å². The van der Waals surface area contributed by atoms with Crippen molar-refractivity contribution in [1.82, 2.24) is 4.90 Å². The summed E-state index contributed by atoms with van der Waals surface area (Å²) in [6, 6.07) is 20.8. The van der Waals surface area contributed by atoms with Crippen molar-refractivity contribution in [1.29, 1.82) is 0 Å². The third kappa shape index (κ3) is 5.14. The summed E-state index contributed by atoms with van der Waals surface area (Å²) in [5.74, 6) is 0.941. The summed E-state index contributed by atoms with van der Waals surface area (Å²) >= 11 is 6.21. The quantitative estimate of drug-likeness (QED) is 0.228. The van der Waals surface area contributed by atoms with Crippen LogP contribution in [0.3, 0.4) is 0 Å². The predicted octanol–water partition coefficient (Wildman–Crippen LogP) is 6.70. The number of halogens is 1. The average Bonchev–Trinajstić information content (AvgIpc) is 3.24. The third-order valence-electron chi connectivity index (χ3n) is 5.83. The van der Waals surface area contributed by atoms with Crippen molar-refractivity contribution in [2.24, 2.45) is 0 Å². The van der Waals surface area contributed by atoms with Crippen LogP contribution in [0.2, 0.25) is 5.02 Å². The molecular formula is C27H28ClNO4S. The first kappa shape index (κ1) is 24.3. The van der Waals surface area contributed by atoms with Gasteiger partial charge in [0.1, 0.15) is 16.2 Å². The van der Waals surface area contributed by atoms with Gasteiger partial charge in [-0.25, -0.2) is 8.42 Å². The van der Waals surface area contributed by atoms with Gasteiger partial charge in [-0.2, -0.15) is 0 Å². The predicted molar refractivity (Wildman–Crippen MR) is 136 cm³/mol. The van der Waals surface area contributed by atoms with E-state index < -0.39 is 9.84 Å². The van der Waals surface area contributed by atoms with Crippen LogP contribution in [0.1, 0.15) is 20.3 Å². The van der Waals surface area contributed by atoms with E-state index in [1.807, 2.05) is 30.3 Å². The van der Waals surface area contributed by atoms with Gasteiger partial charge in [-0.3, -0.25) is 0 Å². The number of ether oxygens (including phenoxy) is 1. The molecule has 0 saturated heterocycles. The maximum atomic E-state index is 13.8. The number of furan rings is 1. The van der Waals surface area contributed by atoms with Gasteiger partial charge < -0.3 is 14.1 Å². The van der Waals surface area contributed by atoms with Crippen molar-refractivity contribution < 1.29 is 17.6 Å². The molecular weight excluding hydrogens is 470 g/mol. The zero-order valence-corrected chi connectivity index (χ0v) is 20.9. The van der Waals surface area contributed by atoms with E-state index in [1.165, 1.54) is 0 Å². The molecule has 0 unspecified atom stereocenters. The highest BCUT2D eigenvalue weighted by Crippen LogP contribution is 2.40. The molecule has 1 heterocycles. The number of nitrogens with zero attached hydrogens (tertiary/aromatic N) is 1. The Labute approximate surface area is 205 Å². The van der Waals surface area contributed by atoms with E-state index in [-0.39, 0.29) is 9.79 Å². The SMILES string of the molecule is CCN(CC)CCCOc1ccc(S(=O)(=O)c2c(-c3ccccc3)oc3ccc(Cl)cc23)cc1. The number of rotatable bonds is 10. The zero-order valence-electron chi connectivity index (χ0n) is 19.3. The highest BCUT2D eigenvalue weighted by Gasteiger charge is 2.29. The summed E-state index contributed by atoms with van der Waals surface area (Å²) in [5.41, 5.74) is 1.15. The van der Waals surface area contributed by atoms with Crippen molar-refractivity contribution in [3.05, 3.63) is 77.8 Å². The first-order valence-corrected chi connectivity index (χ1v) is 13.3. The Kier molecular flexibility index (Phi) is 7.61. The number of hydrogen-bond donors (Lipinski definition) is 0. The molecule has 0 spiro atoms. The molecule has 7 heteroatoms. The van der Waals surface area contributed by atoms with Gasteiger partial charge in [0.2, 0.25) is 9.84 Å². The fraction of sp³-hybridized carbons (Fsp3) is 0.259. The van der Waals surface area contributed by atoms with Crippen LogP contribution < -0.4 is 4.74 Å². The van der Waals surface area contributed by atoms with Crippen molar-refractivity contribution in [2.45, 2.75) is 30.1 Å². The fourth-order valence-corrected chi connectivity index (χ4v) is 5.70. The Morgan fingerprint density at radius 1 is 0.941 bits per heavy atom. The lowest BCUT2D eigenvalue weighted by atomic mass is 10.1. The van der Waals surface area contributed by atoms with Gasteiger partial charge >= 0.3 is 0 Å². The Hall–Kier alpha value is -2.80. The molecule has 3 aromatic carbocycles. The number of benzene rings is 3. The lowest BCUT2D eigenvalue weighted by Gasteiger charge is -2.17. The van der Waals surface area contributed by atoms with Gasteiger partial charge in [0.15, 0.2) is 5.76 Å². The summed E-state index contributed by atoms with van der Waals surface area (Å²) in [5, 5.41) is 0.904. The van der Waals surface area contributed by atoms with Crippen molar-refractivity contribution in [3.8, 4) is 17.1 Å². The number of sulfone groups is 1. The van der Waals surface area contributed by atoms with E-state index in [0.29, 0.717) is 39.7 Å². The standard InChI is InChI=1S/C27H28ClNO4S/c1-3-29(4-2)17-8-18-32-22-12-14-23(15-13-22)34(30,31)27-24-19-21(28)11-16-25(24)33-26(27)20-9-6-5-7-10-20/h5-7,9-16,19H,3-4,8,17-18H2,1-2H3. The maximum absolute atomic E-state index is 13.8. The minimum absolute atomic E-state index is 0.115. The normalized spacial score (nSPS) is 11.9. The van der Waals surface area contributed by atoms with Crippen LogP contribution in [0.4, 0.5) is 0 Å². The van der Waals surface area contributed by atoms with Gasteiger partial charge in [0, 0.05) is 22.5 Å². The van der Waals surface area contributed by atoms with Crippen molar-refractivity contribution in [2.75, 3.05) is 26.2 Å². The minimum Gasteiger partial charge on any atom is -0.494 e. The van der Waals surface area contributed by atoms with Gasteiger partial charge in [0.25, 0.3) is 0 Å². The van der Waals surface area contributed by atoms with Gasteiger partial charge in [-0.1, -0.05) is 55.8 Å². The third-order valence-corrected chi connectivity index (χ3v) is 7.90. The van der Waals surface area contributed by atoms with Gasteiger partial charge in [0.05, 0.1) is 11.5 Å². The summed E-state index contributed by atoms with van der Waals surface area (Å²) < 4.78 is 39.4. The summed E-state index contributed by atoms with van der Waals surface area (Å²) in [6.45, 7) is 7.86. The smallest absolute Gasteiger partial charge is 0.211 e. The molecule has 0 aliphatic rings. The second-order valence-corrected chi connectivity index (χ2v) is 10.3. The molecule has 0 radical (unpaired) electrons. The molecule has 0 amide bonds. The molecule has 0 saturated carbocycles. The second kappa shape index (κ2) is 10.6. The molecule has 34 heavy (non-hydrogen) atoms. The lowest BCUT2D eigenvalue weighted by molar-refractivity contribution is 0.249. The molecule has 4 rings (SSSR count). The minimum atomic E-state index is -3.89. The highest BCUT2D eigenvalue weighted by molar-refractivity contribution is 7.91. The zero-order chi connectivity index (χ0) is 24.1. The molecule has 0 atom stereocenters. The van der Waals surface area contributed by atoms with Crippen molar-refractivity contribution >= 4 is 32.4 Å². The molecule has 0 N–H and O–H groups in total. The molecule has 178 valence electrons. The summed E-state index contributed by atoms with van der Waals surface area (Å²) in [4.78, 5) is 2.62. The second-order valence-electron chi connectivity index (χ2n) is 7.97. The highest BCUT2D eigenvalue weighted by atomic mass is 35.5. The van der Waals surface area contributed by atoms with Crippen LogP contribution in [0.5, 0.6) is 5.75 Å². The molecule has 0 fully saturated rings. The van der Waals surface area contributed by atoms with Crippen molar-refractivity contribution in [3.63, 3.8) is 0 Å². The van der Waals surface area contributed by atoms with Crippen LogP contribution >= 0.6 is 11.6 Å². The summed E-state index contributed by atoms with van der Waals surface area (Å²) in [7, 11) is -3.89. The topological polar surface area (TPSA) is 59.8 Å². The van der Waals surface area contributed by atoms with Crippen LogP contribution in [-0.4, -0.2) is 39.6 Å².